The second kappa shape index (κ2) is 4.74. The molecule has 20 heavy (non-hydrogen) atoms. The molecule has 0 aliphatic carbocycles. The number of benzene rings is 2. The zero-order valence-electron chi connectivity index (χ0n) is 11.5. The molecule has 4 rings (SSSR count). The maximum atomic E-state index is 2.30. The molecule has 0 fully saturated rings. The van der Waals surface area contributed by atoms with Gasteiger partial charge in [-0.05, 0) is 24.3 Å². The van der Waals surface area contributed by atoms with Crippen molar-refractivity contribution in [2.75, 3.05) is 0 Å². The Morgan fingerprint density at radius 1 is 0.900 bits per heavy atom. The monoisotopic (exact) mass is 374 g/mol. The number of pyridine rings is 1. The van der Waals surface area contributed by atoms with Crippen LogP contribution in [0.15, 0.2) is 54.6 Å². The maximum Gasteiger partial charge on any atom is 0.289 e. The van der Waals surface area contributed by atoms with Crippen LogP contribution in [-0.2, 0) is 14.1 Å². The first-order valence-corrected chi connectivity index (χ1v) is 6.52. The van der Waals surface area contributed by atoms with Gasteiger partial charge in [0, 0.05) is 10.8 Å². The van der Waals surface area contributed by atoms with Gasteiger partial charge in [0.05, 0.1) is 19.5 Å². The summed E-state index contributed by atoms with van der Waals surface area (Å²) in [5.74, 6) is 0. The SMILES string of the molecule is Cn1c2ccccc2c2cc3ccccc3[n+](C)c21.[I-]. The van der Waals surface area contributed by atoms with Crippen LogP contribution in [0.2, 0.25) is 0 Å². The van der Waals surface area contributed by atoms with Crippen LogP contribution in [0.4, 0.5) is 0 Å². The van der Waals surface area contributed by atoms with Crippen molar-refractivity contribution >= 4 is 32.8 Å². The number of hydrogen-bond acceptors (Lipinski definition) is 0. The minimum absolute atomic E-state index is 0. The fourth-order valence-electron chi connectivity index (χ4n) is 3.14. The highest BCUT2D eigenvalue weighted by atomic mass is 127. The average Bonchev–Trinajstić information content (AvgIpc) is 2.74. The lowest BCUT2D eigenvalue weighted by Crippen LogP contribution is -3.00. The molecule has 0 N–H and O–H groups in total. The summed E-state index contributed by atoms with van der Waals surface area (Å²) in [7, 11) is 4.28. The largest absolute Gasteiger partial charge is 1.00 e. The maximum absolute atomic E-state index is 2.30. The highest BCUT2D eigenvalue weighted by molar-refractivity contribution is 6.08. The standard InChI is InChI=1S/C17H15N2.HI/c1-18-15-9-5-3-7-12(15)11-14-13-8-4-6-10-16(13)19(2)17(14)18;/h3-11H,1-2H3;1H/q+1;/p-1. The van der Waals surface area contributed by atoms with Gasteiger partial charge < -0.3 is 24.0 Å². The number of halogens is 1. The Morgan fingerprint density at radius 2 is 1.60 bits per heavy atom. The Morgan fingerprint density at radius 3 is 2.45 bits per heavy atom. The van der Waals surface area contributed by atoms with Crippen molar-refractivity contribution in [3.05, 3.63) is 54.6 Å². The smallest absolute Gasteiger partial charge is 0.289 e. The molecule has 0 aliphatic heterocycles. The van der Waals surface area contributed by atoms with Gasteiger partial charge in [0.15, 0.2) is 0 Å². The Balaban J connectivity index is 0.00000121. The van der Waals surface area contributed by atoms with Crippen LogP contribution in [0.1, 0.15) is 0 Å². The third-order valence-electron chi connectivity index (χ3n) is 4.03. The lowest BCUT2D eigenvalue weighted by Gasteiger charge is -2.02. The van der Waals surface area contributed by atoms with Crippen LogP contribution in [0.3, 0.4) is 0 Å². The van der Waals surface area contributed by atoms with Crippen molar-refractivity contribution in [2.24, 2.45) is 14.1 Å². The molecule has 0 bridgehead atoms. The Kier molecular flexibility index (Phi) is 3.17. The predicted molar refractivity (Wildman–Crippen MR) is 79.1 cm³/mol. The number of aryl methyl sites for hydroxylation is 2. The molecule has 0 spiro atoms. The van der Waals surface area contributed by atoms with E-state index in [0.29, 0.717) is 0 Å². The number of aromatic nitrogens is 2. The molecule has 3 heteroatoms. The number of fused-ring (bicyclic) bond motifs is 4. The molecule has 0 saturated heterocycles. The average molecular weight is 374 g/mol. The highest BCUT2D eigenvalue weighted by Gasteiger charge is 2.18. The van der Waals surface area contributed by atoms with Gasteiger partial charge >= 0.3 is 0 Å². The van der Waals surface area contributed by atoms with E-state index in [1.54, 1.807) is 0 Å². The molecule has 0 unspecified atom stereocenters. The van der Waals surface area contributed by atoms with Crippen molar-refractivity contribution in [1.29, 1.82) is 0 Å². The lowest BCUT2D eigenvalue weighted by molar-refractivity contribution is -0.620. The number of rotatable bonds is 0. The number of nitrogens with zero attached hydrogens (tertiary/aromatic N) is 2. The molecule has 2 aromatic carbocycles. The van der Waals surface area contributed by atoms with Crippen LogP contribution in [-0.4, -0.2) is 4.57 Å². The summed E-state index contributed by atoms with van der Waals surface area (Å²) in [4.78, 5) is 0. The molecule has 0 radical (unpaired) electrons. The van der Waals surface area contributed by atoms with Crippen molar-refractivity contribution < 1.29 is 28.5 Å². The molecule has 2 nitrogen and oxygen atoms in total. The molecular formula is C17H15IN2. The van der Waals surface area contributed by atoms with Gasteiger partial charge in [0.25, 0.3) is 5.65 Å². The second-order valence-corrected chi connectivity index (χ2v) is 5.08. The Hall–Kier alpha value is -1.62. The van der Waals surface area contributed by atoms with Gasteiger partial charge in [0.2, 0.25) is 0 Å². The van der Waals surface area contributed by atoms with E-state index in [4.69, 9.17) is 0 Å². The summed E-state index contributed by atoms with van der Waals surface area (Å²) >= 11 is 0. The van der Waals surface area contributed by atoms with Gasteiger partial charge in [-0.3, -0.25) is 0 Å². The zero-order chi connectivity index (χ0) is 13.0. The summed E-state index contributed by atoms with van der Waals surface area (Å²) in [6, 6.07) is 19.4. The second-order valence-electron chi connectivity index (χ2n) is 5.08. The van der Waals surface area contributed by atoms with Crippen LogP contribution in [0.5, 0.6) is 0 Å². The van der Waals surface area contributed by atoms with Gasteiger partial charge in [-0.25, -0.2) is 9.13 Å². The first-order valence-electron chi connectivity index (χ1n) is 6.52. The fourth-order valence-corrected chi connectivity index (χ4v) is 3.14. The van der Waals surface area contributed by atoms with Gasteiger partial charge in [-0.15, -0.1) is 0 Å². The minimum Gasteiger partial charge on any atom is -1.00 e. The van der Waals surface area contributed by atoms with E-state index in [1.807, 2.05) is 0 Å². The third-order valence-corrected chi connectivity index (χ3v) is 4.03. The number of hydrogen-bond donors (Lipinski definition) is 0. The molecule has 2 heterocycles. The molecule has 0 amide bonds. The predicted octanol–water partition coefficient (Wildman–Crippen LogP) is 0.313. The van der Waals surface area contributed by atoms with E-state index in [0.717, 1.165) is 0 Å². The summed E-state index contributed by atoms with van der Waals surface area (Å²) < 4.78 is 4.56. The number of para-hydroxylation sites is 2. The summed E-state index contributed by atoms with van der Waals surface area (Å²) in [5.41, 5.74) is 3.81. The Bertz CT molecular complexity index is 932. The van der Waals surface area contributed by atoms with Crippen molar-refractivity contribution in [3.8, 4) is 0 Å². The fraction of sp³-hybridized carbons (Fsp3) is 0.118. The van der Waals surface area contributed by atoms with Crippen LogP contribution in [0, 0.1) is 0 Å². The summed E-state index contributed by atoms with van der Waals surface area (Å²) in [6.07, 6.45) is 0. The molecular weight excluding hydrogens is 359 g/mol. The molecule has 0 saturated carbocycles. The molecule has 100 valence electrons. The van der Waals surface area contributed by atoms with Gasteiger partial charge in [-0.1, -0.05) is 30.3 Å². The van der Waals surface area contributed by atoms with E-state index in [9.17, 15) is 0 Å². The van der Waals surface area contributed by atoms with Crippen LogP contribution >= 0.6 is 0 Å². The van der Waals surface area contributed by atoms with E-state index in [2.05, 4.69) is 77.8 Å². The molecule has 0 aliphatic rings. The van der Waals surface area contributed by atoms with E-state index in [-0.39, 0.29) is 24.0 Å². The quantitative estimate of drug-likeness (QED) is 0.310. The van der Waals surface area contributed by atoms with Gasteiger partial charge in [0.1, 0.15) is 11.0 Å². The molecule has 2 aromatic heterocycles. The third kappa shape index (κ3) is 1.66. The lowest BCUT2D eigenvalue weighted by atomic mass is 10.1. The minimum atomic E-state index is 0. The first kappa shape index (κ1) is 13.4. The summed E-state index contributed by atoms with van der Waals surface area (Å²) in [5, 5.41) is 3.93. The first-order chi connectivity index (χ1) is 9.27. The molecule has 4 aromatic rings. The van der Waals surface area contributed by atoms with E-state index >= 15 is 0 Å². The normalized spacial score (nSPS) is 11.1. The van der Waals surface area contributed by atoms with E-state index in [1.165, 1.54) is 32.8 Å². The van der Waals surface area contributed by atoms with Crippen molar-refractivity contribution in [3.63, 3.8) is 0 Å². The van der Waals surface area contributed by atoms with Crippen LogP contribution < -0.4 is 28.5 Å². The van der Waals surface area contributed by atoms with Crippen molar-refractivity contribution in [2.45, 2.75) is 0 Å². The van der Waals surface area contributed by atoms with E-state index < -0.39 is 0 Å². The Labute approximate surface area is 134 Å². The highest BCUT2D eigenvalue weighted by Crippen LogP contribution is 2.28. The zero-order valence-corrected chi connectivity index (χ0v) is 13.6. The van der Waals surface area contributed by atoms with Gasteiger partial charge in [-0.2, -0.15) is 0 Å². The van der Waals surface area contributed by atoms with Crippen molar-refractivity contribution in [1.82, 2.24) is 4.57 Å². The summed E-state index contributed by atoms with van der Waals surface area (Å²) in [6.45, 7) is 0. The topological polar surface area (TPSA) is 8.81 Å². The molecule has 0 atom stereocenters. The van der Waals surface area contributed by atoms with Crippen LogP contribution in [0.25, 0.3) is 32.8 Å².